The summed E-state index contributed by atoms with van der Waals surface area (Å²) in [7, 11) is 0. The second kappa shape index (κ2) is 24.1. The molecule has 0 fully saturated rings. The molecule has 0 saturated heterocycles. The average molecular weight is 584 g/mol. The number of rotatable bonds is 21. The van der Waals surface area contributed by atoms with E-state index >= 15 is 0 Å². The molecule has 0 aliphatic heterocycles. The van der Waals surface area contributed by atoms with Crippen molar-refractivity contribution in [3.8, 4) is 5.75 Å². The van der Waals surface area contributed by atoms with Gasteiger partial charge in [0.2, 0.25) is 5.91 Å². The van der Waals surface area contributed by atoms with Crippen molar-refractivity contribution in [2.75, 3.05) is 29.9 Å². The Balaban J connectivity index is 1.97. The summed E-state index contributed by atoms with van der Waals surface area (Å²) < 4.78 is 0. The van der Waals surface area contributed by atoms with E-state index in [1.165, 1.54) is 18.2 Å². The monoisotopic (exact) mass is 583 g/mol. The number of carbonyl (C=O) groups excluding carboxylic acids is 2. The predicted octanol–water partition coefficient (Wildman–Crippen LogP) is 6.98. The van der Waals surface area contributed by atoms with Gasteiger partial charge in [-0.25, -0.2) is 9.59 Å². The number of carbonyl (C=O) groups is 3. The number of allylic oxidation sites excluding steroid dienone is 10. The summed E-state index contributed by atoms with van der Waals surface area (Å²) in [5.74, 6) is -0.463. The van der Waals surface area contributed by atoms with Gasteiger partial charge in [-0.2, -0.15) is 11.8 Å². The molecule has 9 heteroatoms. The first kappa shape index (κ1) is 35.3. The number of thioether (sulfide) groups is 1. The number of unbranched alkanes of at least 4 members (excludes halogenated alkanes) is 2. The van der Waals surface area contributed by atoms with E-state index in [1.54, 1.807) is 11.8 Å². The first-order valence-corrected chi connectivity index (χ1v) is 15.3. The molecule has 0 atom stereocenters. The molecule has 0 bridgehead atoms. The molecule has 5 N–H and O–H groups in total. The Morgan fingerprint density at radius 2 is 1.39 bits per heavy atom. The van der Waals surface area contributed by atoms with Crippen LogP contribution in [0.1, 0.15) is 68.6 Å². The van der Waals surface area contributed by atoms with Gasteiger partial charge in [-0.05, 0) is 75.3 Å². The lowest BCUT2D eigenvalue weighted by molar-refractivity contribution is -0.118. The van der Waals surface area contributed by atoms with Crippen LogP contribution in [0.3, 0.4) is 0 Å². The highest BCUT2D eigenvalue weighted by Crippen LogP contribution is 2.21. The summed E-state index contributed by atoms with van der Waals surface area (Å²) in [6.07, 6.45) is 30.1. The lowest BCUT2D eigenvalue weighted by atomic mass is 10.2. The molecule has 0 aromatic heterocycles. The Kier molecular flexibility index (Phi) is 20.8. The van der Waals surface area contributed by atoms with Crippen LogP contribution in [-0.2, 0) is 4.79 Å². The SMILES string of the molecule is CCC=CCC=CCC=CCC=CCC=CCCCCSCC(=O)NCCNC(=O)Nc1ccc(O)c(C(=O)O)c1. The van der Waals surface area contributed by atoms with Gasteiger partial charge in [0.05, 0.1) is 5.75 Å². The second-order valence-electron chi connectivity index (χ2n) is 9.02. The van der Waals surface area contributed by atoms with Crippen molar-refractivity contribution in [1.29, 1.82) is 0 Å². The summed E-state index contributed by atoms with van der Waals surface area (Å²) in [6.45, 7) is 2.65. The average Bonchev–Trinajstić information content (AvgIpc) is 2.95. The lowest BCUT2D eigenvalue weighted by Gasteiger charge is -2.09. The van der Waals surface area contributed by atoms with Crippen LogP contribution >= 0.6 is 11.8 Å². The van der Waals surface area contributed by atoms with Gasteiger partial charge in [0.25, 0.3) is 0 Å². The van der Waals surface area contributed by atoms with Crippen LogP contribution in [0.4, 0.5) is 10.5 Å². The Morgan fingerprint density at radius 1 is 0.805 bits per heavy atom. The van der Waals surface area contributed by atoms with Crippen molar-refractivity contribution in [2.45, 2.75) is 58.3 Å². The van der Waals surface area contributed by atoms with E-state index in [-0.39, 0.29) is 36.0 Å². The highest BCUT2D eigenvalue weighted by molar-refractivity contribution is 7.99. The van der Waals surface area contributed by atoms with Crippen molar-refractivity contribution < 1.29 is 24.6 Å². The van der Waals surface area contributed by atoms with Gasteiger partial charge < -0.3 is 26.2 Å². The maximum absolute atomic E-state index is 11.9. The molecule has 1 rings (SSSR count). The van der Waals surface area contributed by atoms with Crippen LogP contribution < -0.4 is 16.0 Å². The van der Waals surface area contributed by atoms with Gasteiger partial charge >= 0.3 is 12.0 Å². The number of hydrogen-bond donors (Lipinski definition) is 5. The van der Waals surface area contributed by atoms with Gasteiger partial charge in [-0.1, -0.05) is 67.7 Å². The van der Waals surface area contributed by atoms with Crippen molar-refractivity contribution >= 4 is 35.4 Å². The molecule has 1 aromatic rings. The van der Waals surface area contributed by atoms with Gasteiger partial charge in [0.1, 0.15) is 11.3 Å². The number of hydrogen-bond acceptors (Lipinski definition) is 5. The Morgan fingerprint density at radius 3 is 2.00 bits per heavy atom. The molecule has 8 nitrogen and oxygen atoms in total. The third kappa shape index (κ3) is 19.9. The number of amides is 3. The minimum atomic E-state index is -1.29. The summed E-state index contributed by atoms with van der Waals surface area (Å²) in [4.78, 5) is 34.9. The zero-order valence-electron chi connectivity index (χ0n) is 24.0. The van der Waals surface area contributed by atoms with Gasteiger partial charge in [-0.3, -0.25) is 4.79 Å². The molecule has 3 amide bonds. The molecular formula is C32H45N3O5S. The first-order chi connectivity index (χ1) is 19.9. The topological polar surface area (TPSA) is 128 Å². The van der Waals surface area contributed by atoms with Crippen LogP contribution in [-0.4, -0.2) is 52.7 Å². The first-order valence-electron chi connectivity index (χ1n) is 14.1. The van der Waals surface area contributed by atoms with Gasteiger partial charge in [0.15, 0.2) is 0 Å². The van der Waals surface area contributed by atoms with Gasteiger partial charge in [0, 0.05) is 18.8 Å². The number of anilines is 1. The number of urea groups is 1. The zero-order chi connectivity index (χ0) is 30.0. The minimum Gasteiger partial charge on any atom is -0.507 e. The molecule has 0 heterocycles. The molecule has 0 aliphatic carbocycles. The van der Waals surface area contributed by atoms with Crippen molar-refractivity contribution in [3.05, 3.63) is 84.5 Å². The summed E-state index contributed by atoms with van der Waals surface area (Å²) in [5.41, 5.74) is -0.0683. The zero-order valence-corrected chi connectivity index (χ0v) is 24.8. The highest BCUT2D eigenvalue weighted by Gasteiger charge is 2.11. The highest BCUT2D eigenvalue weighted by atomic mass is 32.2. The quantitative estimate of drug-likeness (QED) is 0.0603. The molecule has 0 saturated carbocycles. The maximum Gasteiger partial charge on any atom is 0.339 e. The summed E-state index contributed by atoms with van der Waals surface area (Å²) in [5, 5.41) is 26.4. The number of aromatic carboxylic acids is 1. The number of carboxylic acid groups (broad SMARTS) is 1. The van der Waals surface area contributed by atoms with E-state index < -0.39 is 12.0 Å². The number of nitrogens with one attached hydrogen (secondary N) is 3. The van der Waals surface area contributed by atoms with E-state index in [9.17, 15) is 19.5 Å². The van der Waals surface area contributed by atoms with Crippen molar-refractivity contribution in [3.63, 3.8) is 0 Å². The molecule has 224 valence electrons. The summed E-state index contributed by atoms with van der Waals surface area (Å²) >= 11 is 1.59. The Bertz CT molecular complexity index is 1060. The molecule has 0 radical (unpaired) electrons. The number of phenols is 1. The molecule has 0 spiro atoms. The fourth-order valence-corrected chi connectivity index (χ4v) is 4.23. The van der Waals surface area contributed by atoms with Crippen LogP contribution in [0, 0.1) is 0 Å². The van der Waals surface area contributed by atoms with E-state index in [1.807, 2.05) is 0 Å². The van der Waals surface area contributed by atoms with Crippen LogP contribution in [0.25, 0.3) is 0 Å². The fraction of sp³-hybridized carbons (Fsp3) is 0.406. The largest absolute Gasteiger partial charge is 0.507 e. The number of carboxylic acids is 1. The molecule has 41 heavy (non-hydrogen) atoms. The van der Waals surface area contributed by atoms with E-state index in [0.29, 0.717) is 5.75 Å². The van der Waals surface area contributed by atoms with Crippen LogP contribution in [0.2, 0.25) is 0 Å². The van der Waals surface area contributed by atoms with Crippen LogP contribution in [0.15, 0.2) is 79.0 Å². The Hall–Kier alpha value is -3.72. The molecule has 1 aromatic carbocycles. The molecular weight excluding hydrogens is 538 g/mol. The number of benzene rings is 1. The fourth-order valence-electron chi connectivity index (χ4n) is 3.39. The van der Waals surface area contributed by atoms with E-state index in [2.05, 4.69) is 83.6 Å². The standard InChI is InChI=1S/C32H45N3O5S/c1-2-3-4-5-6-7-8-9-10-11-12-13-14-15-16-17-18-19-24-41-26-30(37)33-22-23-34-32(40)35-27-20-21-29(36)28(25-27)31(38)39/h3-4,6-7,9-10,12-13,15-16,20-21,25,36H,2,5,8,11,14,17-19,22-24,26H2,1H3,(H,33,37)(H,38,39)(H2,34,35,40). The lowest BCUT2D eigenvalue weighted by Crippen LogP contribution is -2.37. The smallest absolute Gasteiger partial charge is 0.339 e. The molecule has 0 unspecified atom stereocenters. The second-order valence-corrected chi connectivity index (χ2v) is 10.1. The van der Waals surface area contributed by atoms with E-state index in [4.69, 9.17) is 5.11 Å². The summed E-state index contributed by atoms with van der Waals surface area (Å²) in [6, 6.07) is 3.22. The Labute approximate surface area is 248 Å². The van der Waals surface area contributed by atoms with Crippen molar-refractivity contribution in [2.24, 2.45) is 0 Å². The third-order valence-corrected chi connectivity index (χ3v) is 6.56. The molecule has 0 aliphatic rings. The van der Waals surface area contributed by atoms with Gasteiger partial charge in [-0.15, -0.1) is 0 Å². The minimum absolute atomic E-state index is 0.0836. The number of aromatic hydroxyl groups is 1. The van der Waals surface area contributed by atoms with Crippen LogP contribution in [0.5, 0.6) is 5.75 Å². The third-order valence-electron chi connectivity index (χ3n) is 5.52. The normalized spacial score (nSPS) is 11.8. The van der Waals surface area contributed by atoms with E-state index in [0.717, 1.165) is 57.1 Å². The maximum atomic E-state index is 11.9. The van der Waals surface area contributed by atoms with Crippen molar-refractivity contribution in [1.82, 2.24) is 10.6 Å². The predicted molar refractivity (Wildman–Crippen MR) is 171 cm³/mol.